The van der Waals surface area contributed by atoms with Gasteiger partial charge in [-0.25, -0.2) is 9.79 Å². The summed E-state index contributed by atoms with van der Waals surface area (Å²) in [4.78, 5) is 14.6. The lowest BCUT2D eigenvalue weighted by molar-refractivity contribution is -0.129. The Morgan fingerprint density at radius 2 is 2.00 bits per heavy atom. The maximum atomic E-state index is 10.8. The van der Waals surface area contributed by atoms with Gasteiger partial charge in [-0.1, -0.05) is 29.8 Å². The van der Waals surface area contributed by atoms with Gasteiger partial charge in [-0.15, -0.1) is 0 Å². The Morgan fingerprint density at radius 3 is 2.33 bits per heavy atom. The van der Waals surface area contributed by atoms with Crippen molar-refractivity contribution in [1.29, 1.82) is 0 Å². The van der Waals surface area contributed by atoms with Gasteiger partial charge in [0.15, 0.2) is 5.71 Å². The topological polar surface area (TPSA) is 75.7 Å². The van der Waals surface area contributed by atoms with Crippen LogP contribution in [0.15, 0.2) is 27.5 Å². The van der Waals surface area contributed by atoms with Gasteiger partial charge in [0.1, 0.15) is 10.2 Å². The number of aliphatic imine (C=N–C) groups is 1. The Labute approximate surface area is 97.1 Å². The van der Waals surface area contributed by atoms with E-state index in [0.29, 0.717) is 5.70 Å². The summed E-state index contributed by atoms with van der Waals surface area (Å²) in [6.45, 7) is 3.66. The normalized spacial score (nSPS) is 18.4. The zero-order valence-electron chi connectivity index (χ0n) is 7.83. The fourth-order valence-corrected chi connectivity index (χ4v) is 1.17. The molecule has 0 spiro atoms. The molecule has 1 rings (SSSR count). The molecular formula is C9H10Cl2N2O2. The molecule has 82 valence electrons. The summed E-state index contributed by atoms with van der Waals surface area (Å²) in [5.74, 6) is -1.01. The van der Waals surface area contributed by atoms with Crippen molar-refractivity contribution >= 4 is 34.9 Å². The van der Waals surface area contributed by atoms with Gasteiger partial charge in [0.2, 0.25) is 0 Å². The molecule has 0 aromatic carbocycles. The van der Waals surface area contributed by atoms with Gasteiger partial charge in [0.25, 0.3) is 0 Å². The van der Waals surface area contributed by atoms with Crippen LogP contribution in [0.1, 0.15) is 12.8 Å². The Bertz CT molecular complexity index is 366. The number of halogens is 2. The van der Waals surface area contributed by atoms with E-state index in [-0.39, 0.29) is 21.8 Å². The van der Waals surface area contributed by atoms with Crippen molar-refractivity contribution in [1.82, 2.24) is 0 Å². The zero-order chi connectivity index (χ0) is 11.6. The smallest absolute Gasteiger partial charge is 0.356 e. The fraction of sp³-hybridized carbons (Fsp3) is 0.333. The highest BCUT2D eigenvalue weighted by Gasteiger charge is 2.26. The number of carbonyl (C=O) groups is 1. The number of hydrogen-bond acceptors (Lipinski definition) is 3. The monoisotopic (exact) mass is 248 g/mol. The van der Waals surface area contributed by atoms with Crippen molar-refractivity contribution < 1.29 is 9.90 Å². The van der Waals surface area contributed by atoms with Crippen LogP contribution >= 0.6 is 23.2 Å². The van der Waals surface area contributed by atoms with Crippen molar-refractivity contribution in [2.45, 2.75) is 12.8 Å². The first-order valence-corrected chi connectivity index (χ1v) is 5.01. The maximum Gasteiger partial charge on any atom is 0.356 e. The molecule has 1 saturated carbocycles. The third-order valence-corrected chi connectivity index (χ3v) is 2.59. The predicted molar refractivity (Wildman–Crippen MR) is 59.9 cm³/mol. The number of nitrogens with two attached hydrogens (primary N) is 1. The number of allylic oxidation sites excluding steroid dienone is 1. The number of hydrogen-bond donors (Lipinski definition) is 2. The van der Waals surface area contributed by atoms with Crippen LogP contribution in [0.25, 0.3) is 0 Å². The third kappa shape index (κ3) is 3.25. The quantitative estimate of drug-likeness (QED) is 0.591. The molecule has 0 atom stereocenters. The average Bonchev–Trinajstić information content (AvgIpc) is 2.94. The predicted octanol–water partition coefficient (Wildman–Crippen LogP) is 2.04. The Hall–Kier alpha value is -1.000. The largest absolute Gasteiger partial charge is 0.476 e. The molecule has 1 fully saturated rings. The average molecular weight is 249 g/mol. The highest BCUT2D eigenvalue weighted by atomic mass is 35.5. The van der Waals surface area contributed by atoms with Crippen LogP contribution in [0.5, 0.6) is 0 Å². The Kier molecular flexibility index (Phi) is 3.77. The van der Waals surface area contributed by atoms with Crippen LogP contribution in [0.2, 0.25) is 0 Å². The van der Waals surface area contributed by atoms with E-state index in [9.17, 15) is 4.79 Å². The summed E-state index contributed by atoms with van der Waals surface area (Å²) < 4.78 is 0. The molecule has 15 heavy (non-hydrogen) atoms. The van der Waals surface area contributed by atoms with Crippen LogP contribution in [-0.2, 0) is 4.79 Å². The third-order valence-electron chi connectivity index (χ3n) is 1.92. The number of aliphatic carboxylic acids is 1. The summed E-state index contributed by atoms with van der Waals surface area (Å²) in [7, 11) is 0. The van der Waals surface area contributed by atoms with E-state index in [1.165, 1.54) is 0 Å². The molecule has 0 unspecified atom stereocenters. The van der Waals surface area contributed by atoms with Crippen molar-refractivity contribution in [3.8, 4) is 0 Å². The minimum Gasteiger partial charge on any atom is -0.476 e. The van der Waals surface area contributed by atoms with Gasteiger partial charge in [0, 0.05) is 11.6 Å². The lowest BCUT2D eigenvalue weighted by Crippen LogP contribution is -2.16. The number of rotatable bonds is 4. The van der Waals surface area contributed by atoms with Crippen molar-refractivity contribution in [3.63, 3.8) is 0 Å². The van der Waals surface area contributed by atoms with Crippen molar-refractivity contribution in [2.24, 2.45) is 16.6 Å². The Morgan fingerprint density at radius 1 is 1.47 bits per heavy atom. The molecule has 0 aromatic heterocycles. The second-order valence-corrected chi connectivity index (χ2v) is 3.98. The van der Waals surface area contributed by atoms with Gasteiger partial charge >= 0.3 is 5.97 Å². The standard InChI is InChI=1S/C9H10Cl2N2O2/c1-4(5-2-3-5)13-7(9(14)15)6(10)8(11)12/h5H,1-3,12H2,(H,14,15)/b8-6+,13-7+. The van der Waals surface area contributed by atoms with Gasteiger partial charge in [-0.3, -0.25) is 0 Å². The van der Waals surface area contributed by atoms with Gasteiger partial charge < -0.3 is 10.8 Å². The lowest BCUT2D eigenvalue weighted by atomic mass is 10.3. The molecule has 0 saturated heterocycles. The van der Waals surface area contributed by atoms with E-state index in [0.717, 1.165) is 12.8 Å². The molecule has 0 aromatic rings. The first-order valence-electron chi connectivity index (χ1n) is 4.25. The van der Waals surface area contributed by atoms with E-state index in [2.05, 4.69) is 11.6 Å². The molecular weight excluding hydrogens is 239 g/mol. The van der Waals surface area contributed by atoms with Crippen LogP contribution in [0.4, 0.5) is 0 Å². The van der Waals surface area contributed by atoms with Crippen LogP contribution in [-0.4, -0.2) is 16.8 Å². The summed E-state index contributed by atoms with van der Waals surface area (Å²) in [5, 5.41) is 8.29. The summed E-state index contributed by atoms with van der Waals surface area (Å²) >= 11 is 11.0. The number of carboxylic acids is 1. The minimum atomic E-state index is -1.27. The fourth-order valence-electron chi connectivity index (χ4n) is 0.955. The number of carboxylic acid groups (broad SMARTS) is 1. The summed E-state index contributed by atoms with van der Waals surface area (Å²) in [6, 6.07) is 0. The number of nitrogens with zero attached hydrogens (tertiary/aromatic N) is 1. The Balaban J connectivity index is 2.96. The molecule has 0 radical (unpaired) electrons. The minimum absolute atomic E-state index is 0.258. The van der Waals surface area contributed by atoms with Crippen LogP contribution in [0, 0.1) is 5.92 Å². The van der Waals surface area contributed by atoms with E-state index in [1.54, 1.807) is 0 Å². The van der Waals surface area contributed by atoms with Gasteiger partial charge in [-0.05, 0) is 12.8 Å². The van der Waals surface area contributed by atoms with Crippen LogP contribution in [0.3, 0.4) is 0 Å². The summed E-state index contributed by atoms with van der Waals surface area (Å²) in [5.41, 5.74) is 5.32. The van der Waals surface area contributed by atoms with Crippen molar-refractivity contribution in [2.75, 3.05) is 0 Å². The highest BCUT2D eigenvalue weighted by Crippen LogP contribution is 2.36. The first-order chi connectivity index (χ1) is 6.93. The van der Waals surface area contributed by atoms with E-state index in [4.69, 9.17) is 34.0 Å². The molecule has 3 N–H and O–H groups in total. The second-order valence-electron chi connectivity index (χ2n) is 3.19. The molecule has 1 aliphatic carbocycles. The van der Waals surface area contributed by atoms with E-state index < -0.39 is 5.97 Å². The molecule has 0 bridgehead atoms. The van der Waals surface area contributed by atoms with E-state index >= 15 is 0 Å². The van der Waals surface area contributed by atoms with E-state index in [1.807, 2.05) is 0 Å². The summed E-state index contributed by atoms with van der Waals surface area (Å²) in [6.07, 6.45) is 1.96. The highest BCUT2D eigenvalue weighted by molar-refractivity contribution is 6.60. The van der Waals surface area contributed by atoms with Crippen LogP contribution < -0.4 is 5.73 Å². The maximum absolute atomic E-state index is 10.8. The van der Waals surface area contributed by atoms with Gasteiger partial charge in [-0.2, -0.15) is 0 Å². The molecule has 0 heterocycles. The first kappa shape index (κ1) is 12.1. The molecule has 0 amide bonds. The molecule has 1 aliphatic rings. The molecule has 6 heteroatoms. The second kappa shape index (κ2) is 4.68. The molecule has 4 nitrogen and oxygen atoms in total. The van der Waals surface area contributed by atoms with Crippen molar-refractivity contribution in [3.05, 3.63) is 22.5 Å². The van der Waals surface area contributed by atoms with Gasteiger partial charge in [0.05, 0.1) is 0 Å². The SMILES string of the molecule is C=C(/N=C(C(=O)O)\C(Cl)=C(/N)Cl)C1CC1. The molecule has 0 aliphatic heterocycles. The lowest BCUT2D eigenvalue weighted by Gasteiger charge is -2.02. The zero-order valence-corrected chi connectivity index (χ0v) is 9.35.